The van der Waals surface area contributed by atoms with Crippen molar-refractivity contribution in [1.82, 2.24) is 5.32 Å². The minimum Gasteiger partial charge on any atom is -0.494 e. The standard InChI is InChI=1S/C16H25NO2/c18-14-16(9-4-5-10-16)13-17-11-6-12-19-15-7-2-1-3-8-15/h1-3,7-8,17-18H,4-6,9-14H2. The molecule has 2 rings (SSSR count). The molecule has 0 unspecified atom stereocenters. The van der Waals surface area contributed by atoms with Gasteiger partial charge in [0.1, 0.15) is 5.75 Å². The maximum absolute atomic E-state index is 9.50. The first-order valence-electron chi connectivity index (χ1n) is 7.34. The maximum atomic E-state index is 9.50. The molecule has 0 aliphatic heterocycles. The summed E-state index contributed by atoms with van der Waals surface area (Å²) in [5.74, 6) is 0.935. The summed E-state index contributed by atoms with van der Waals surface area (Å²) in [6, 6.07) is 9.92. The molecule has 1 aliphatic rings. The van der Waals surface area contributed by atoms with Gasteiger partial charge in [0.05, 0.1) is 6.61 Å². The van der Waals surface area contributed by atoms with Crippen molar-refractivity contribution in [1.29, 1.82) is 0 Å². The molecule has 1 saturated carbocycles. The Bertz CT molecular complexity index is 347. The lowest BCUT2D eigenvalue weighted by atomic mass is 9.87. The van der Waals surface area contributed by atoms with Crippen molar-refractivity contribution < 1.29 is 9.84 Å². The van der Waals surface area contributed by atoms with Crippen molar-refractivity contribution in [3.8, 4) is 5.75 Å². The van der Waals surface area contributed by atoms with Crippen molar-refractivity contribution in [3.05, 3.63) is 30.3 Å². The van der Waals surface area contributed by atoms with E-state index < -0.39 is 0 Å². The van der Waals surface area contributed by atoms with Crippen LogP contribution in [0.4, 0.5) is 0 Å². The third-order valence-corrected chi connectivity index (χ3v) is 4.01. The fourth-order valence-electron chi connectivity index (χ4n) is 2.77. The van der Waals surface area contributed by atoms with Crippen molar-refractivity contribution in [2.75, 3.05) is 26.3 Å². The molecule has 0 aromatic heterocycles. The highest BCUT2D eigenvalue weighted by atomic mass is 16.5. The second-order valence-corrected chi connectivity index (χ2v) is 5.56. The predicted octanol–water partition coefficient (Wildman–Crippen LogP) is 2.60. The maximum Gasteiger partial charge on any atom is 0.119 e. The van der Waals surface area contributed by atoms with E-state index in [9.17, 15) is 5.11 Å². The third kappa shape index (κ3) is 4.51. The largest absolute Gasteiger partial charge is 0.494 e. The van der Waals surface area contributed by atoms with Gasteiger partial charge in [0, 0.05) is 18.6 Å². The SMILES string of the molecule is OCC1(CNCCCOc2ccccc2)CCCC1. The van der Waals surface area contributed by atoms with Crippen LogP contribution in [0, 0.1) is 5.41 Å². The normalized spacial score (nSPS) is 17.5. The number of para-hydroxylation sites is 1. The van der Waals surface area contributed by atoms with Crippen LogP contribution in [0.15, 0.2) is 30.3 Å². The Morgan fingerprint density at radius 1 is 1.16 bits per heavy atom. The summed E-state index contributed by atoms with van der Waals surface area (Å²) in [4.78, 5) is 0. The number of ether oxygens (including phenoxy) is 1. The molecular formula is C16H25NO2. The van der Waals surface area contributed by atoms with E-state index in [1.807, 2.05) is 30.3 Å². The van der Waals surface area contributed by atoms with Crippen LogP contribution < -0.4 is 10.1 Å². The zero-order valence-electron chi connectivity index (χ0n) is 11.6. The van der Waals surface area contributed by atoms with Gasteiger partial charge in [-0.15, -0.1) is 0 Å². The molecule has 3 heteroatoms. The number of benzene rings is 1. The van der Waals surface area contributed by atoms with E-state index in [0.29, 0.717) is 6.61 Å². The number of nitrogens with one attached hydrogen (secondary N) is 1. The molecule has 2 N–H and O–H groups in total. The van der Waals surface area contributed by atoms with E-state index in [-0.39, 0.29) is 5.41 Å². The molecule has 0 radical (unpaired) electrons. The molecule has 0 bridgehead atoms. The first kappa shape index (κ1) is 14.4. The summed E-state index contributed by atoms with van der Waals surface area (Å²) >= 11 is 0. The average molecular weight is 263 g/mol. The van der Waals surface area contributed by atoms with Crippen LogP contribution in [0.25, 0.3) is 0 Å². The van der Waals surface area contributed by atoms with Gasteiger partial charge in [0.15, 0.2) is 0 Å². The highest BCUT2D eigenvalue weighted by Crippen LogP contribution is 2.36. The van der Waals surface area contributed by atoms with Crippen molar-refractivity contribution in [2.45, 2.75) is 32.1 Å². The summed E-state index contributed by atoms with van der Waals surface area (Å²) < 4.78 is 5.64. The van der Waals surface area contributed by atoms with E-state index in [4.69, 9.17) is 4.74 Å². The van der Waals surface area contributed by atoms with Crippen LogP contribution in [-0.2, 0) is 0 Å². The summed E-state index contributed by atoms with van der Waals surface area (Å²) in [5, 5.41) is 13.0. The number of hydrogen-bond acceptors (Lipinski definition) is 3. The molecule has 0 atom stereocenters. The minimum absolute atomic E-state index is 0.153. The van der Waals surface area contributed by atoms with Crippen LogP contribution in [0.2, 0.25) is 0 Å². The Morgan fingerprint density at radius 2 is 1.89 bits per heavy atom. The molecular weight excluding hydrogens is 238 g/mol. The van der Waals surface area contributed by atoms with Crippen LogP contribution in [0.3, 0.4) is 0 Å². The van der Waals surface area contributed by atoms with Gasteiger partial charge in [0.2, 0.25) is 0 Å². The molecule has 0 spiro atoms. The van der Waals surface area contributed by atoms with E-state index in [2.05, 4.69) is 5.32 Å². The van der Waals surface area contributed by atoms with Gasteiger partial charge in [-0.1, -0.05) is 31.0 Å². The highest BCUT2D eigenvalue weighted by Gasteiger charge is 2.32. The first-order valence-corrected chi connectivity index (χ1v) is 7.34. The van der Waals surface area contributed by atoms with Gasteiger partial charge in [-0.2, -0.15) is 0 Å². The Morgan fingerprint density at radius 3 is 2.58 bits per heavy atom. The van der Waals surface area contributed by atoms with Crippen molar-refractivity contribution in [2.24, 2.45) is 5.41 Å². The van der Waals surface area contributed by atoms with E-state index in [0.717, 1.165) is 44.7 Å². The van der Waals surface area contributed by atoms with Crippen molar-refractivity contribution in [3.63, 3.8) is 0 Å². The lowest BCUT2D eigenvalue weighted by Gasteiger charge is -2.26. The number of aliphatic hydroxyl groups excluding tert-OH is 1. The van der Waals surface area contributed by atoms with Gasteiger partial charge in [-0.3, -0.25) is 0 Å². The average Bonchev–Trinajstić information content (AvgIpc) is 2.93. The zero-order chi connectivity index (χ0) is 13.4. The van der Waals surface area contributed by atoms with Gasteiger partial charge in [-0.05, 0) is 37.9 Å². The van der Waals surface area contributed by atoms with Crippen LogP contribution in [0.1, 0.15) is 32.1 Å². The Kier molecular flexibility index (Phi) is 5.67. The monoisotopic (exact) mass is 263 g/mol. The Balaban J connectivity index is 1.55. The quantitative estimate of drug-likeness (QED) is 0.708. The second kappa shape index (κ2) is 7.51. The van der Waals surface area contributed by atoms with Gasteiger partial charge >= 0.3 is 0 Å². The van der Waals surface area contributed by atoms with Gasteiger partial charge in [0.25, 0.3) is 0 Å². The highest BCUT2D eigenvalue weighted by molar-refractivity contribution is 5.20. The first-order chi connectivity index (χ1) is 9.35. The summed E-state index contributed by atoms with van der Waals surface area (Å²) in [6.45, 7) is 2.95. The van der Waals surface area contributed by atoms with Crippen LogP contribution in [0.5, 0.6) is 5.75 Å². The van der Waals surface area contributed by atoms with E-state index >= 15 is 0 Å². The molecule has 1 aliphatic carbocycles. The predicted molar refractivity (Wildman–Crippen MR) is 77.4 cm³/mol. The molecule has 1 fully saturated rings. The Labute approximate surface area is 116 Å². The summed E-state index contributed by atoms with van der Waals surface area (Å²) in [7, 11) is 0. The fraction of sp³-hybridized carbons (Fsp3) is 0.625. The van der Waals surface area contributed by atoms with Gasteiger partial charge in [-0.25, -0.2) is 0 Å². The van der Waals surface area contributed by atoms with E-state index in [1.165, 1.54) is 12.8 Å². The lowest BCUT2D eigenvalue weighted by Crippen LogP contribution is -2.35. The smallest absolute Gasteiger partial charge is 0.119 e. The number of rotatable bonds is 8. The number of hydrogen-bond donors (Lipinski definition) is 2. The molecule has 0 heterocycles. The lowest BCUT2D eigenvalue weighted by molar-refractivity contribution is 0.128. The topological polar surface area (TPSA) is 41.5 Å². The second-order valence-electron chi connectivity index (χ2n) is 5.56. The molecule has 106 valence electrons. The molecule has 19 heavy (non-hydrogen) atoms. The van der Waals surface area contributed by atoms with Gasteiger partial charge < -0.3 is 15.2 Å². The van der Waals surface area contributed by atoms with Crippen LogP contribution >= 0.6 is 0 Å². The molecule has 0 saturated heterocycles. The molecule has 3 nitrogen and oxygen atoms in total. The fourth-order valence-corrected chi connectivity index (χ4v) is 2.77. The van der Waals surface area contributed by atoms with Crippen molar-refractivity contribution >= 4 is 0 Å². The van der Waals surface area contributed by atoms with Crippen LogP contribution in [-0.4, -0.2) is 31.4 Å². The number of aliphatic hydroxyl groups is 1. The third-order valence-electron chi connectivity index (χ3n) is 4.01. The summed E-state index contributed by atoms with van der Waals surface area (Å²) in [6.07, 6.45) is 5.85. The zero-order valence-corrected chi connectivity index (χ0v) is 11.6. The molecule has 1 aromatic carbocycles. The Hall–Kier alpha value is -1.06. The minimum atomic E-state index is 0.153. The molecule has 1 aromatic rings. The molecule has 0 amide bonds. The van der Waals surface area contributed by atoms with E-state index in [1.54, 1.807) is 0 Å². The summed E-state index contributed by atoms with van der Waals surface area (Å²) in [5.41, 5.74) is 0.153.